The number of nitrogens with zero attached hydrogens (tertiary/aromatic N) is 3. The molecular formula is C21H22N4O2. The maximum Gasteiger partial charge on any atom is 0.427 e. The van der Waals surface area contributed by atoms with Crippen molar-refractivity contribution in [1.29, 1.82) is 0 Å². The summed E-state index contributed by atoms with van der Waals surface area (Å²) in [5.41, 5.74) is 7.30. The van der Waals surface area contributed by atoms with E-state index in [1.165, 1.54) is 5.56 Å². The molecule has 0 saturated heterocycles. The number of ether oxygens (including phenoxy) is 1. The molecule has 138 valence electrons. The number of aryl methyl sites for hydroxylation is 1. The number of hydrogen-bond acceptors (Lipinski definition) is 4. The van der Waals surface area contributed by atoms with E-state index in [1.54, 1.807) is 13.1 Å². The zero-order chi connectivity index (χ0) is 19.1. The first-order chi connectivity index (χ1) is 13.2. The lowest BCUT2D eigenvalue weighted by molar-refractivity contribution is 0.152. The lowest BCUT2D eigenvalue weighted by Gasteiger charge is -2.02. The van der Waals surface area contributed by atoms with Crippen molar-refractivity contribution in [2.45, 2.75) is 20.4 Å². The molecule has 1 heterocycles. The third-order valence-corrected chi connectivity index (χ3v) is 3.94. The van der Waals surface area contributed by atoms with Crippen LogP contribution < -0.4 is 5.43 Å². The minimum absolute atomic E-state index is 0.297. The number of nitrogens with one attached hydrogen (secondary N) is 1. The van der Waals surface area contributed by atoms with Crippen LogP contribution in [0.15, 0.2) is 65.9 Å². The first-order valence-corrected chi connectivity index (χ1v) is 8.80. The van der Waals surface area contributed by atoms with Crippen molar-refractivity contribution >= 4 is 12.3 Å². The molecule has 1 aromatic heterocycles. The molecule has 0 fully saturated rings. The second-order valence-electron chi connectivity index (χ2n) is 6.07. The maximum atomic E-state index is 11.4. The first-order valence-electron chi connectivity index (χ1n) is 8.80. The van der Waals surface area contributed by atoms with E-state index in [1.807, 2.05) is 60.3 Å². The molecule has 3 rings (SSSR count). The number of carbonyl (C=O) groups is 1. The summed E-state index contributed by atoms with van der Waals surface area (Å²) in [7, 11) is 0. The minimum atomic E-state index is -0.581. The topological polar surface area (TPSA) is 68.5 Å². The van der Waals surface area contributed by atoms with Crippen LogP contribution >= 0.6 is 0 Å². The number of hydrazone groups is 1. The Bertz CT molecular complexity index is 915. The normalized spacial score (nSPS) is 10.9. The largest absolute Gasteiger partial charge is 0.449 e. The van der Waals surface area contributed by atoms with Gasteiger partial charge >= 0.3 is 6.09 Å². The van der Waals surface area contributed by atoms with Gasteiger partial charge in [0.25, 0.3) is 0 Å². The fourth-order valence-electron chi connectivity index (χ4n) is 2.64. The van der Waals surface area contributed by atoms with E-state index in [0.29, 0.717) is 13.2 Å². The van der Waals surface area contributed by atoms with E-state index in [-0.39, 0.29) is 0 Å². The molecule has 0 aliphatic heterocycles. The smallest absolute Gasteiger partial charge is 0.427 e. The van der Waals surface area contributed by atoms with Crippen molar-refractivity contribution in [3.05, 3.63) is 77.5 Å². The number of hydrogen-bond donors (Lipinski definition) is 1. The third kappa shape index (κ3) is 5.04. The van der Waals surface area contributed by atoms with Gasteiger partial charge in [-0.1, -0.05) is 60.2 Å². The van der Waals surface area contributed by atoms with Gasteiger partial charge in [0.05, 0.1) is 19.4 Å². The van der Waals surface area contributed by atoms with Crippen molar-refractivity contribution in [3.63, 3.8) is 0 Å². The number of carbonyl (C=O) groups excluding carboxylic acids is 1. The Morgan fingerprint density at radius 2 is 1.93 bits per heavy atom. The molecule has 0 radical (unpaired) electrons. The summed E-state index contributed by atoms with van der Waals surface area (Å²) in [4.78, 5) is 11.4. The number of rotatable bonds is 6. The van der Waals surface area contributed by atoms with Gasteiger partial charge in [-0.05, 0) is 19.4 Å². The molecule has 0 unspecified atom stereocenters. The Kier molecular flexibility index (Phi) is 5.99. The highest BCUT2D eigenvalue weighted by Crippen LogP contribution is 2.22. The van der Waals surface area contributed by atoms with Crippen molar-refractivity contribution in [2.75, 3.05) is 6.61 Å². The number of benzene rings is 2. The van der Waals surface area contributed by atoms with E-state index in [2.05, 4.69) is 22.7 Å². The number of amides is 1. The highest BCUT2D eigenvalue weighted by atomic mass is 16.5. The summed E-state index contributed by atoms with van der Waals surface area (Å²) in [5, 5.41) is 8.70. The van der Waals surface area contributed by atoms with Crippen LogP contribution in [0.4, 0.5) is 4.79 Å². The summed E-state index contributed by atoms with van der Waals surface area (Å²) in [6.07, 6.45) is 2.92. The molecule has 0 saturated carbocycles. The van der Waals surface area contributed by atoms with E-state index in [4.69, 9.17) is 9.84 Å². The first kappa shape index (κ1) is 18.4. The molecule has 6 nitrogen and oxygen atoms in total. The van der Waals surface area contributed by atoms with Crippen LogP contribution in [0.5, 0.6) is 0 Å². The molecule has 3 aromatic rings. The Labute approximate surface area is 158 Å². The molecule has 27 heavy (non-hydrogen) atoms. The lowest BCUT2D eigenvalue weighted by Crippen LogP contribution is -2.18. The summed E-state index contributed by atoms with van der Waals surface area (Å²) < 4.78 is 6.68. The monoisotopic (exact) mass is 362 g/mol. The van der Waals surface area contributed by atoms with Gasteiger partial charge in [-0.2, -0.15) is 10.2 Å². The molecule has 6 heteroatoms. The van der Waals surface area contributed by atoms with Gasteiger partial charge in [-0.15, -0.1) is 0 Å². The second kappa shape index (κ2) is 8.80. The van der Waals surface area contributed by atoms with E-state index < -0.39 is 6.09 Å². The van der Waals surface area contributed by atoms with Gasteiger partial charge in [0, 0.05) is 17.3 Å². The zero-order valence-corrected chi connectivity index (χ0v) is 15.4. The fourth-order valence-corrected chi connectivity index (χ4v) is 2.64. The van der Waals surface area contributed by atoms with Gasteiger partial charge in [0.1, 0.15) is 5.69 Å². The van der Waals surface area contributed by atoms with Crippen LogP contribution in [0.1, 0.15) is 23.6 Å². The average Bonchev–Trinajstić information content (AvgIpc) is 3.06. The summed E-state index contributed by atoms with van der Waals surface area (Å²) in [6.45, 7) is 4.74. The van der Waals surface area contributed by atoms with Gasteiger partial charge in [0.15, 0.2) is 0 Å². The standard InChI is InChI=1S/C21H22N4O2/c1-3-27-21(26)23-22-13-19-15-25(14-17-7-5-4-6-8-17)24-20(19)18-11-9-16(2)10-12-18/h4-13,15H,3,14H2,1-2H3,(H,23,26)/b22-13-. The second-order valence-corrected chi connectivity index (χ2v) is 6.07. The molecular weight excluding hydrogens is 340 g/mol. The predicted molar refractivity (Wildman–Crippen MR) is 106 cm³/mol. The van der Waals surface area contributed by atoms with Crippen LogP contribution in [0.2, 0.25) is 0 Å². The SMILES string of the molecule is CCOC(=O)N/N=C\c1cn(Cc2ccccc2)nc1-c1ccc(C)cc1. The summed E-state index contributed by atoms with van der Waals surface area (Å²) >= 11 is 0. The number of aromatic nitrogens is 2. The Balaban J connectivity index is 1.87. The minimum Gasteiger partial charge on any atom is -0.449 e. The van der Waals surface area contributed by atoms with Crippen LogP contribution in [-0.4, -0.2) is 28.7 Å². The lowest BCUT2D eigenvalue weighted by atomic mass is 10.1. The molecule has 0 bridgehead atoms. The van der Waals surface area contributed by atoms with Crippen molar-refractivity contribution in [1.82, 2.24) is 15.2 Å². The van der Waals surface area contributed by atoms with Gasteiger partial charge in [-0.3, -0.25) is 4.68 Å². The zero-order valence-electron chi connectivity index (χ0n) is 15.4. The summed E-state index contributed by atoms with van der Waals surface area (Å²) in [6, 6.07) is 18.3. The van der Waals surface area contributed by atoms with Crippen LogP contribution in [0.3, 0.4) is 0 Å². The molecule has 0 aliphatic rings. The van der Waals surface area contributed by atoms with E-state index >= 15 is 0 Å². The van der Waals surface area contributed by atoms with Crippen LogP contribution in [0.25, 0.3) is 11.3 Å². The van der Waals surface area contributed by atoms with E-state index in [0.717, 1.165) is 22.4 Å². The van der Waals surface area contributed by atoms with Crippen molar-refractivity contribution in [3.8, 4) is 11.3 Å². The molecule has 1 amide bonds. The molecule has 2 aromatic carbocycles. The molecule has 1 N–H and O–H groups in total. The van der Waals surface area contributed by atoms with Gasteiger partial charge < -0.3 is 4.74 Å². The molecule has 0 spiro atoms. The van der Waals surface area contributed by atoms with Crippen LogP contribution in [0, 0.1) is 6.92 Å². The fraction of sp³-hybridized carbons (Fsp3) is 0.190. The van der Waals surface area contributed by atoms with Crippen LogP contribution in [-0.2, 0) is 11.3 Å². The third-order valence-electron chi connectivity index (χ3n) is 3.94. The van der Waals surface area contributed by atoms with Crippen molar-refractivity contribution < 1.29 is 9.53 Å². The van der Waals surface area contributed by atoms with Gasteiger partial charge in [-0.25, -0.2) is 10.2 Å². The van der Waals surface area contributed by atoms with E-state index in [9.17, 15) is 4.79 Å². The quantitative estimate of drug-likeness (QED) is 0.532. The Morgan fingerprint density at radius 1 is 1.19 bits per heavy atom. The highest BCUT2D eigenvalue weighted by Gasteiger charge is 2.10. The predicted octanol–water partition coefficient (Wildman–Crippen LogP) is 3.99. The molecule has 0 atom stereocenters. The Hall–Kier alpha value is -3.41. The Morgan fingerprint density at radius 3 is 2.63 bits per heavy atom. The maximum absolute atomic E-state index is 11.4. The summed E-state index contributed by atoms with van der Waals surface area (Å²) in [5.74, 6) is 0. The van der Waals surface area contributed by atoms with Gasteiger partial charge in [0.2, 0.25) is 0 Å². The highest BCUT2D eigenvalue weighted by molar-refractivity contribution is 5.89. The molecule has 0 aliphatic carbocycles. The van der Waals surface area contributed by atoms with Crippen molar-refractivity contribution in [2.24, 2.45) is 5.10 Å². The average molecular weight is 362 g/mol.